The molecule has 3 heterocycles. The third-order valence-corrected chi connectivity index (χ3v) is 6.62. The topological polar surface area (TPSA) is 115 Å². The molecule has 0 radical (unpaired) electrons. The molecule has 10 heteroatoms. The molecule has 1 aliphatic rings. The van der Waals surface area contributed by atoms with Gasteiger partial charge in [0.1, 0.15) is 23.7 Å². The van der Waals surface area contributed by atoms with Crippen LogP contribution in [0.5, 0.6) is 5.75 Å². The molecule has 0 saturated heterocycles. The Morgan fingerprint density at radius 1 is 1.14 bits per heavy atom. The lowest BCUT2D eigenvalue weighted by molar-refractivity contribution is -0.122. The molecule has 0 atom stereocenters. The molecule has 0 saturated carbocycles. The number of carbonyl (C=O) groups is 2. The number of ether oxygens (including phenoxy) is 1. The van der Waals surface area contributed by atoms with E-state index in [4.69, 9.17) is 9.15 Å². The first-order chi connectivity index (χ1) is 17.0. The summed E-state index contributed by atoms with van der Waals surface area (Å²) in [4.78, 5) is 38.1. The van der Waals surface area contributed by atoms with Crippen molar-refractivity contribution < 1.29 is 18.7 Å². The molecule has 0 unspecified atom stereocenters. The SMILES string of the molecule is COc1ccc(CNC(=O)Cn2nc3c(c2NC(=O)c2cc(=O)c4ccccc4o2)CSC3)cc1. The molecule has 1 aliphatic heterocycles. The fourth-order valence-corrected chi connectivity index (χ4v) is 4.88. The lowest BCUT2D eigenvalue weighted by Gasteiger charge is -2.11. The molecular weight excluding hydrogens is 468 g/mol. The lowest BCUT2D eigenvalue weighted by atomic mass is 10.2. The standard InChI is InChI=1S/C25H22N4O5S/c1-33-16-8-6-15(7-9-16)11-26-23(31)12-29-24(18-13-35-14-19(18)28-29)27-25(32)22-10-20(30)17-4-2-3-5-21(17)34-22/h2-10H,11-14H2,1H3,(H,26,31)(H,27,32). The molecule has 0 fully saturated rings. The van der Waals surface area contributed by atoms with Crippen LogP contribution in [0.4, 0.5) is 5.82 Å². The van der Waals surface area contributed by atoms with Gasteiger partial charge in [-0.25, -0.2) is 4.68 Å². The molecular formula is C25H22N4O5S. The molecule has 4 aromatic rings. The van der Waals surface area contributed by atoms with Gasteiger partial charge in [0.25, 0.3) is 5.91 Å². The largest absolute Gasteiger partial charge is 0.497 e. The Bertz CT molecular complexity index is 1480. The molecule has 0 spiro atoms. The van der Waals surface area contributed by atoms with Crippen molar-refractivity contribution in [1.82, 2.24) is 15.1 Å². The average Bonchev–Trinajstić information content (AvgIpc) is 3.45. The molecule has 5 rings (SSSR count). The number of methoxy groups -OCH3 is 1. The minimum absolute atomic E-state index is 0.0644. The van der Waals surface area contributed by atoms with E-state index in [1.165, 1.54) is 10.7 Å². The van der Waals surface area contributed by atoms with Gasteiger partial charge in [-0.2, -0.15) is 16.9 Å². The first kappa shape index (κ1) is 22.7. The monoisotopic (exact) mass is 490 g/mol. The van der Waals surface area contributed by atoms with Gasteiger partial charge in [-0.05, 0) is 29.8 Å². The summed E-state index contributed by atoms with van der Waals surface area (Å²) in [6, 6.07) is 15.3. The normalized spacial score (nSPS) is 12.4. The predicted octanol–water partition coefficient (Wildman–Crippen LogP) is 3.31. The highest BCUT2D eigenvalue weighted by Gasteiger charge is 2.26. The van der Waals surface area contributed by atoms with Crippen LogP contribution >= 0.6 is 11.8 Å². The van der Waals surface area contributed by atoms with Gasteiger partial charge >= 0.3 is 0 Å². The minimum Gasteiger partial charge on any atom is -0.497 e. The summed E-state index contributed by atoms with van der Waals surface area (Å²) in [5.74, 6) is 1.61. The van der Waals surface area contributed by atoms with Crippen molar-refractivity contribution >= 4 is 40.4 Å². The number of para-hydroxylation sites is 1. The van der Waals surface area contributed by atoms with Crippen molar-refractivity contribution in [3.8, 4) is 5.75 Å². The van der Waals surface area contributed by atoms with Crippen LogP contribution in [0.1, 0.15) is 27.4 Å². The van der Waals surface area contributed by atoms with Gasteiger partial charge < -0.3 is 19.8 Å². The smallest absolute Gasteiger partial charge is 0.292 e. The summed E-state index contributed by atoms with van der Waals surface area (Å²) in [6.45, 7) is 0.286. The maximum absolute atomic E-state index is 13.0. The lowest BCUT2D eigenvalue weighted by Crippen LogP contribution is -2.29. The molecule has 0 aliphatic carbocycles. The summed E-state index contributed by atoms with van der Waals surface area (Å²) in [5, 5.41) is 10.6. The van der Waals surface area contributed by atoms with Crippen molar-refractivity contribution in [2.24, 2.45) is 0 Å². The Balaban J connectivity index is 1.33. The first-order valence-corrected chi connectivity index (χ1v) is 12.1. The maximum Gasteiger partial charge on any atom is 0.292 e. The quantitative estimate of drug-likeness (QED) is 0.408. The van der Waals surface area contributed by atoms with Gasteiger partial charge in [0.05, 0.1) is 18.2 Å². The van der Waals surface area contributed by atoms with Crippen molar-refractivity contribution in [3.05, 3.63) is 87.4 Å². The summed E-state index contributed by atoms with van der Waals surface area (Å²) in [5.41, 5.74) is 2.66. The van der Waals surface area contributed by atoms with Gasteiger partial charge in [-0.1, -0.05) is 24.3 Å². The summed E-state index contributed by atoms with van der Waals surface area (Å²) in [6.07, 6.45) is 0. The van der Waals surface area contributed by atoms with Gasteiger partial charge in [0, 0.05) is 29.7 Å². The fourth-order valence-electron chi connectivity index (χ4n) is 3.84. The highest BCUT2D eigenvalue weighted by Crippen LogP contribution is 2.35. The Morgan fingerprint density at radius 2 is 1.94 bits per heavy atom. The van der Waals surface area contributed by atoms with Crippen molar-refractivity contribution in [2.45, 2.75) is 24.6 Å². The van der Waals surface area contributed by atoms with E-state index in [0.717, 1.165) is 22.6 Å². The number of carbonyl (C=O) groups excluding carboxylic acids is 2. The molecule has 2 aromatic carbocycles. The van der Waals surface area contributed by atoms with E-state index in [1.807, 2.05) is 24.3 Å². The number of hydrogen-bond donors (Lipinski definition) is 2. The highest BCUT2D eigenvalue weighted by molar-refractivity contribution is 7.98. The van der Waals surface area contributed by atoms with E-state index < -0.39 is 5.91 Å². The number of fused-ring (bicyclic) bond motifs is 2. The van der Waals surface area contributed by atoms with E-state index in [0.29, 0.717) is 34.8 Å². The number of anilines is 1. The van der Waals surface area contributed by atoms with Crippen molar-refractivity contribution in [2.75, 3.05) is 12.4 Å². The Hall–Kier alpha value is -4.05. The number of aromatic nitrogens is 2. The van der Waals surface area contributed by atoms with E-state index >= 15 is 0 Å². The Morgan fingerprint density at radius 3 is 2.74 bits per heavy atom. The number of amides is 2. The number of nitrogens with zero attached hydrogens (tertiary/aromatic N) is 2. The third-order valence-electron chi connectivity index (χ3n) is 5.65. The van der Waals surface area contributed by atoms with Gasteiger partial charge in [-0.15, -0.1) is 0 Å². The second-order valence-electron chi connectivity index (χ2n) is 7.97. The predicted molar refractivity (Wildman–Crippen MR) is 133 cm³/mol. The fraction of sp³-hybridized carbons (Fsp3) is 0.200. The van der Waals surface area contributed by atoms with Crippen LogP contribution in [0, 0.1) is 0 Å². The van der Waals surface area contributed by atoms with Crippen LogP contribution in [0.25, 0.3) is 11.0 Å². The molecule has 2 amide bonds. The van der Waals surface area contributed by atoms with Gasteiger partial charge in [0.2, 0.25) is 5.91 Å². The highest BCUT2D eigenvalue weighted by atomic mass is 32.2. The Labute approximate surface area is 204 Å². The molecule has 2 aromatic heterocycles. The van der Waals surface area contributed by atoms with Crippen LogP contribution in [-0.4, -0.2) is 28.7 Å². The summed E-state index contributed by atoms with van der Waals surface area (Å²) < 4.78 is 12.3. The number of benzene rings is 2. The van der Waals surface area contributed by atoms with Crippen LogP contribution < -0.4 is 20.8 Å². The van der Waals surface area contributed by atoms with Gasteiger partial charge in [0.15, 0.2) is 11.2 Å². The van der Waals surface area contributed by atoms with Crippen LogP contribution in [-0.2, 0) is 29.4 Å². The number of nitrogens with one attached hydrogen (secondary N) is 2. The average molecular weight is 491 g/mol. The molecule has 35 heavy (non-hydrogen) atoms. The third kappa shape index (κ3) is 4.78. The van der Waals surface area contributed by atoms with Crippen molar-refractivity contribution in [3.63, 3.8) is 0 Å². The summed E-state index contributed by atoms with van der Waals surface area (Å²) >= 11 is 1.68. The first-order valence-electron chi connectivity index (χ1n) is 10.9. The molecule has 178 valence electrons. The van der Waals surface area contributed by atoms with E-state index in [1.54, 1.807) is 43.1 Å². The zero-order chi connectivity index (χ0) is 24.4. The molecule has 0 bridgehead atoms. The number of rotatable bonds is 7. The Kier molecular flexibility index (Phi) is 6.28. The van der Waals surface area contributed by atoms with Crippen molar-refractivity contribution in [1.29, 1.82) is 0 Å². The van der Waals surface area contributed by atoms with E-state index in [2.05, 4.69) is 15.7 Å². The molecule has 2 N–H and O–H groups in total. The second-order valence-corrected chi connectivity index (χ2v) is 8.96. The van der Waals surface area contributed by atoms with E-state index in [9.17, 15) is 14.4 Å². The zero-order valence-electron chi connectivity index (χ0n) is 18.9. The molecule has 9 nitrogen and oxygen atoms in total. The van der Waals surface area contributed by atoms with E-state index in [-0.39, 0.29) is 23.6 Å². The van der Waals surface area contributed by atoms with Gasteiger partial charge in [-0.3, -0.25) is 14.4 Å². The number of hydrogen-bond acceptors (Lipinski definition) is 7. The van der Waals surface area contributed by atoms with Crippen LogP contribution in [0.2, 0.25) is 0 Å². The zero-order valence-corrected chi connectivity index (χ0v) is 19.7. The van der Waals surface area contributed by atoms with Crippen LogP contribution in [0.3, 0.4) is 0 Å². The summed E-state index contributed by atoms with van der Waals surface area (Å²) in [7, 11) is 1.60. The van der Waals surface area contributed by atoms with Crippen LogP contribution in [0.15, 0.2) is 63.8 Å². The minimum atomic E-state index is -0.577. The maximum atomic E-state index is 13.0. The second kappa shape index (κ2) is 9.67. The number of thioether (sulfide) groups is 1.